The predicted molar refractivity (Wildman–Crippen MR) is 273 cm³/mol. The fourth-order valence-corrected chi connectivity index (χ4v) is 10.2. The number of aromatic nitrogens is 6. The van der Waals surface area contributed by atoms with Gasteiger partial charge < -0.3 is 14.5 Å². The van der Waals surface area contributed by atoms with E-state index in [1.807, 2.05) is 48.8 Å². The summed E-state index contributed by atoms with van der Waals surface area (Å²) in [5.41, 5.74) is 11.3. The Morgan fingerprint density at radius 3 is 1.10 bits per heavy atom. The van der Waals surface area contributed by atoms with Gasteiger partial charge in [-0.25, -0.2) is 4.98 Å². The van der Waals surface area contributed by atoms with Crippen molar-refractivity contribution in [3.63, 3.8) is 0 Å². The first-order valence-electron chi connectivity index (χ1n) is 22.9. The Hall–Kier alpha value is -7.78. The maximum atomic E-state index is 4.87. The van der Waals surface area contributed by atoms with Crippen LogP contribution in [0, 0.1) is 24.3 Å². The van der Waals surface area contributed by atoms with Gasteiger partial charge in [0.25, 0.3) is 5.95 Å². The third-order valence-electron chi connectivity index (χ3n) is 13.2. The molecule has 6 nitrogen and oxygen atoms in total. The summed E-state index contributed by atoms with van der Waals surface area (Å²) in [6.07, 6.45) is 6.92. The fourth-order valence-electron chi connectivity index (χ4n) is 10.2. The Kier molecular flexibility index (Phi) is 13.4. The predicted octanol–water partition coefficient (Wildman–Crippen LogP) is 13.1. The first-order valence-corrected chi connectivity index (χ1v) is 22.9. The van der Waals surface area contributed by atoms with Crippen LogP contribution in [0.4, 0.5) is 0 Å². The molecular formula is C63H40N6PdPt. The maximum absolute atomic E-state index is 4.87. The van der Waals surface area contributed by atoms with Gasteiger partial charge in [0.15, 0.2) is 0 Å². The second-order valence-electron chi connectivity index (χ2n) is 16.9. The number of hydrogen-bond donors (Lipinski definition) is 0. The molecular weight excluding hydrogens is 1140 g/mol. The van der Waals surface area contributed by atoms with Crippen molar-refractivity contribution in [2.45, 2.75) is 10.8 Å². The van der Waals surface area contributed by atoms with E-state index < -0.39 is 10.8 Å². The zero-order valence-corrected chi connectivity index (χ0v) is 41.7. The van der Waals surface area contributed by atoms with Crippen LogP contribution in [0.15, 0.2) is 243 Å². The molecule has 0 spiro atoms. The first-order chi connectivity index (χ1) is 34.2. The molecule has 342 valence electrons. The number of benzene rings is 8. The van der Waals surface area contributed by atoms with Crippen LogP contribution in [-0.2, 0) is 52.3 Å². The van der Waals surface area contributed by atoms with E-state index in [2.05, 4.69) is 221 Å². The summed E-state index contributed by atoms with van der Waals surface area (Å²) >= 11 is 0. The zero-order chi connectivity index (χ0) is 46.0. The standard InChI is InChI=1S/C63H40N6.Pd.Pt/c1-5-21-47(22-6-1)62(48-23-7-2-8-24-48,51-29-17-19-45(41-51)57-31-13-15-37-64-57)53-33-35-55-56-36-34-54(44-60(56)69(59(55)43-53)61-66-39-40-67-68-61)63(49-25-9-3-10-26-49,50-27-11-4-12-28-50)52-30-18-20-46(42-52)58-32-14-16-38-65-58;;/h1-40H;;/q-4;2*+2. The van der Waals surface area contributed by atoms with Crippen molar-refractivity contribution in [2.24, 2.45) is 0 Å². The monoisotopic (exact) mass is 1180 g/mol. The van der Waals surface area contributed by atoms with Crippen molar-refractivity contribution < 1.29 is 41.5 Å². The SMILES string of the molecule is [Pd+2].[Pt+2].[c-]1c(-c2ccccn2)cccc1C(c1[c-]c2c(cc1)c1ccc(C(c3[c-]c(-c4ccccn4)ccc3)(c3ccccc3)c3ccccc3)[c-]c1n2-c1nccnn1)(c1ccccc1)c1ccccc1. The van der Waals surface area contributed by atoms with Crippen molar-refractivity contribution in [2.75, 3.05) is 0 Å². The summed E-state index contributed by atoms with van der Waals surface area (Å²) < 4.78 is 2.06. The number of nitrogens with zero attached hydrogens (tertiary/aromatic N) is 6. The van der Waals surface area contributed by atoms with Crippen LogP contribution in [0.3, 0.4) is 0 Å². The van der Waals surface area contributed by atoms with Gasteiger partial charge in [0.2, 0.25) is 0 Å². The fraction of sp³-hybridized carbons (Fsp3) is 0.0317. The number of hydrogen-bond acceptors (Lipinski definition) is 5. The Balaban J connectivity index is 0.00000291. The molecule has 0 unspecified atom stereocenters. The average Bonchev–Trinajstić information content (AvgIpc) is 3.76. The van der Waals surface area contributed by atoms with Crippen LogP contribution >= 0.6 is 0 Å². The van der Waals surface area contributed by atoms with Gasteiger partial charge in [-0.1, -0.05) is 157 Å². The number of pyridine rings is 2. The zero-order valence-electron chi connectivity index (χ0n) is 37.9. The van der Waals surface area contributed by atoms with Gasteiger partial charge in [0, 0.05) is 23.2 Å². The first kappa shape index (κ1) is 46.9. The summed E-state index contributed by atoms with van der Waals surface area (Å²) in [6, 6.07) is 91.8. The van der Waals surface area contributed by atoms with E-state index in [4.69, 9.17) is 15.0 Å². The molecule has 0 N–H and O–H groups in total. The van der Waals surface area contributed by atoms with Gasteiger partial charge in [0.05, 0.1) is 12.4 Å². The molecule has 0 aliphatic heterocycles. The second kappa shape index (κ2) is 20.3. The minimum atomic E-state index is -0.877. The molecule has 0 atom stereocenters. The molecule has 12 aromatic rings. The minimum absolute atomic E-state index is 0. The molecule has 0 bridgehead atoms. The molecule has 71 heavy (non-hydrogen) atoms. The van der Waals surface area contributed by atoms with Gasteiger partial charge in [-0.3, -0.25) is 0 Å². The Bertz CT molecular complexity index is 3410. The third-order valence-corrected chi connectivity index (χ3v) is 13.2. The van der Waals surface area contributed by atoms with E-state index in [0.717, 1.165) is 88.8 Å². The molecule has 8 aromatic carbocycles. The summed E-state index contributed by atoms with van der Waals surface area (Å²) in [6.45, 7) is 0. The summed E-state index contributed by atoms with van der Waals surface area (Å²) in [5, 5.41) is 11.0. The molecule has 0 fully saturated rings. The molecule has 0 saturated carbocycles. The summed E-state index contributed by atoms with van der Waals surface area (Å²) in [4.78, 5) is 14.3. The van der Waals surface area contributed by atoms with Crippen LogP contribution in [0.25, 0.3) is 50.3 Å². The molecule has 12 rings (SSSR count). The van der Waals surface area contributed by atoms with E-state index in [0.29, 0.717) is 5.95 Å². The van der Waals surface area contributed by atoms with Gasteiger partial charge in [-0.15, -0.1) is 87.0 Å². The molecule has 0 amide bonds. The van der Waals surface area contributed by atoms with Gasteiger partial charge in [0.1, 0.15) is 0 Å². The number of fused-ring (bicyclic) bond motifs is 3. The van der Waals surface area contributed by atoms with E-state index in [9.17, 15) is 0 Å². The van der Waals surface area contributed by atoms with Crippen LogP contribution < -0.4 is 0 Å². The van der Waals surface area contributed by atoms with Crippen molar-refractivity contribution in [3.8, 4) is 28.5 Å². The smallest absolute Gasteiger partial charge is 0.327 e. The molecule has 4 heterocycles. The van der Waals surface area contributed by atoms with Crippen molar-refractivity contribution in [1.29, 1.82) is 0 Å². The van der Waals surface area contributed by atoms with Crippen LogP contribution in [0.2, 0.25) is 0 Å². The van der Waals surface area contributed by atoms with Crippen LogP contribution in [0.1, 0.15) is 44.5 Å². The van der Waals surface area contributed by atoms with Gasteiger partial charge in [-0.2, -0.15) is 52.3 Å². The topological polar surface area (TPSA) is 69.4 Å². The molecule has 0 aliphatic carbocycles. The largest absolute Gasteiger partial charge is 2.00 e. The van der Waals surface area contributed by atoms with Crippen molar-refractivity contribution >= 4 is 21.8 Å². The molecule has 0 aliphatic rings. The Labute approximate surface area is 441 Å². The summed E-state index contributed by atoms with van der Waals surface area (Å²) in [5.74, 6) is 0.404. The molecule has 4 aromatic heterocycles. The van der Waals surface area contributed by atoms with E-state index in [-0.39, 0.29) is 41.5 Å². The van der Waals surface area contributed by atoms with E-state index >= 15 is 0 Å². The number of rotatable bonds is 11. The molecule has 0 radical (unpaired) electrons. The normalized spacial score (nSPS) is 11.4. The summed E-state index contributed by atoms with van der Waals surface area (Å²) in [7, 11) is 0. The Morgan fingerprint density at radius 1 is 0.338 bits per heavy atom. The van der Waals surface area contributed by atoms with Gasteiger partial charge >= 0.3 is 41.5 Å². The van der Waals surface area contributed by atoms with Crippen LogP contribution in [-0.4, -0.2) is 29.7 Å². The molecule has 0 saturated heterocycles. The van der Waals surface area contributed by atoms with Gasteiger partial charge in [-0.05, 0) is 45.8 Å². The minimum Gasteiger partial charge on any atom is -0.327 e. The Morgan fingerprint density at radius 2 is 0.732 bits per heavy atom. The van der Waals surface area contributed by atoms with Crippen molar-refractivity contribution in [1.82, 2.24) is 29.7 Å². The second-order valence-corrected chi connectivity index (χ2v) is 16.9. The average molecular weight is 1180 g/mol. The maximum Gasteiger partial charge on any atom is 2.00 e. The quantitative estimate of drug-likeness (QED) is 0.0733. The van der Waals surface area contributed by atoms with Crippen LogP contribution in [0.5, 0.6) is 0 Å². The van der Waals surface area contributed by atoms with E-state index in [1.54, 1.807) is 12.4 Å². The van der Waals surface area contributed by atoms with E-state index in [1.165, 1.54) is 0 Å². The van der Waals surface area contributed by atoms with Crippen molar-refractivity contribution in [3.05, 3.63) is 312 Å². The molecule has 8 heteroatoms. The third kappa shape index (κ3) is 8.17.